The van der Waals surface area contributed by atoms with Gasteiger partial charge in [-0.05, 0) is 30.7 Å². The summed E-state index contributed by atoms with van der Waals surface area (Å²) >= 11 is 7.20. The zero-order valence-electron chi connectivity index (χ0n) is 11.5. The first kappa shape index (κ1) is 15.7. The van der Waals surface area contributed by atoms with Crippen LogP contribution < -0.4 is 0 Å². The van der Waals surface area contributed by atoms with Gasteiger partial charge in [0, 0.05) is 35.2 Å². The number of halogens is 3. The predicted molar refractivity (Wildman–Crippen MR) is 87.3 cm³/mol. The first-order valence-electron chi connectivity index (χ1n) is 6.38. The Morgan fingerprint density at radius 3 is 2.45 bits per heavy atom. The van der Waals surface area contributed by atoms with Crippen molar-refractivity contribution in [2.24, 2.45) is 7.05 Å². The van der Waals surface area contributed by atoms with Gasteiger partial charge in [-0.3, -0.25) is 4.68 Å². The van der Waals surface area contributed by atoms with Crippen molar-refractivity contribution in [1.82, 2.24) is 9.78 Å². The van der Waals surface area contributed by atoms with E-state index in [2.05, 4.69) is 43.0 Å². The number of aromatic nitrogens is 2. The summed E-state index contributed by atoms with van der Waals surface area (Å²) in [6.07, 6.45) is 0.796. The van der Waals surface area contributed by atoms with Gasteiger partial charge in [-0.1, -0.05) is 44.0 Å². The largest absolute Gasteiger partial charge is 0.272 e. The van der Waals surface area contributed by atoms with Gasteiger partial charge in [-0.25, -0.2) is 4.39 Å². The summed E-state index contributed by atoms with van der Waals surface area (Å²) in [5.41, 5.74) is 2.94. The lowest BCUT2D eigenvalue weighted by atomic mass is 9.80. The number of nitrogens with zero attached hydrogens (tertiary/aromatic N) is 2. The highest BCUT2D eigenvalue weighted by atomic mass is 79.9. The summed E-state index contributed by atoms with van der Waals surface area (Å²) in [6.45, 7) is 1.98. The normalized spacial score (nSPS) is 11.8. The van der Waals surface area contributed by atoms with E-state index < -0.39 is 0 Å². The van der Waals surface area contributed by atoms with Crippen LogP contribution in [0, 0.1) is 12.7 Å². The predicted octanol–water partition coefficient (Wildman–Crippen LogP) is 4.14. The van der Waals surface area contributed by atoms with Gasteiger partial charge in [0.25, 0.3) is 0 Å². The van der Waals surface area contributed by atoms with Gasteiger partial charge in [0.2, 0.25) is 0 Å². The highest BCUT2D eigenvalue weighted by Gasteiger charge is 2.32. The Bertz CT molecular complexity index is 591. The smallest absolute Gasteiger partial charge is 0.123 e. The molecule has 0 saturated carbocycles. The van der Waals surface area contributed by atoms with Gasteiger partial charge in [0.15, 0.2) is 0 Å². The molecule has 2 rings (SSSR count). The Morgan fingerprint density at radius 2 is 1.95 bits per heavy atom. The fraction of sp³-hybridized carbons (Fsp3) is 0.400. The van der Waals surface area contributed by atoms with Crippen LogP contribution in [0.4, 0.5) is 4.39 Å². The van der Waals surface area contributed by atoms with Crippen molar-refractivity contribution in [1.29, 1.82) is 0 Å². The van der Waals surface area contributed by atoms with Crippen LogP contribution in [0.3, 0.4) is 0 Å². The summed E-state index contributed by atoms with van der Waals surface area (Å²) in [6, 6.07) is 8.92. The average Bonchev–Trinajstić information content (AvgIpc) is 2.74. The van der Waals surface area contributed by atoms with Crippen molar-refractivity contribution in [2.75, 3.05) is 10.7 Å². The number of alkyl halides is 2. The minimum Gasteiger partial charge on any atom is -0.272 e. The highest BCUT2D eigenvalue weighted by Crippen LogP contribution is 2.33. The molecular formula is C15H17Br2FN2. The monoisotopic (exact) mass is 402 g/mol. The lowest BCUT2D eigenvalue weighted by molar-refractivity contribution is 0.517. The van der Waals surface area contributed by atoms with E-state index in [1.165, 1.54) is 6.07 Å². The first-order valence-corrected chi connectivity index (χ1v) is 8.62. The Kier molecular flexibility index (Phi) is 5.02. The van der Waals surface area contributed by atoms with Crippen LogP contribution in [-0.4, -0.2) is 20.4 Å². The first-order chi connectivity index (χ1) is 9.50. The van der Waals surface area contributed by atoms with Crippen LogP contribution in [-0.2, 0) is 18.9 Å². The second kappa shape index (κ2) is 6.39. The Balaban J connectivity index is 2.42. The minimum absolute atomic E-state index is 0.192. The SMILES string of the molecule is Cc1cc(CC(CBr)(CBr)c2cccc(F)c2)n(C)n1. The molecule has 0 saturated heterocycles. The molecule has 2 aromatic rings. The van der Waals surface area contributed by atoms with E-state index >= 15 is 0 Å². The van der Waals surface area contributed by atoms with E-state index in [9.17, 15) is 4.39 Å². The molecule has 5 heteroatoms. The van der Waals surface area contributed by atoms with Gasteiger partial charge in [0.1, 0.15) is 5.82 Å². The van der Waals surface area contributed by atoms with Crippen molar-refractivity contribution in [3.8, 4) is 0 Å². The molecule has 2 nitrogen and oxygen atoms in total. The van der Waals surface area contributed by atoms with Crippen molar-refractivity contribution in [3.05, 3.63) is 53.1 Å². The zero-order valence-corrected chi connectivity index (χ0v) is 14.7. The fourth-order valence-corrected chi connectivity index (χ4v) is 4.35. The van der Waals surface area contributed by atoms with Gasteiger partial charge in [0.05, 0.1) is 5.69 Å². The Hall–Kier alpha value is -0.680. The molecule has 0 fully saturated rings. The van der Waals surface area contributed by atoms with Crippen molar-refractivity contribution in [2.45, 2.75) is 18.8 Å². The molecule has 0 aliphatic carbocycles. The molecular weight excluding hydrogens is 387 g/mol. The maximum absolute atomic E-state index is 13.5. The van der Waals surface area contributed by atoms with Crippen molar-refractivity contribution < 1.29 is 4.39 Å². The van der Waals surface area contributed by atoms with Gasteiger partial charge in [-0.2, -0.15) is 5.10 Å². The van der Waals surface area contributed by atoms with E-state index in [0.29, 0.717) is 0 Å². The maximum atomic E-state index is 13.5. The minimum atomic E-state index is -0.199. The summed E-state index contributed by atoms with van der Waals surface area (Å²) in [5, 5.41) is 5.88. The molecule has 1 aromatic carbocycles. The lowest BCUT2D eigenvalue weighted by Gasteiger charge is -2.30. The lowest BCUT2D eigenvalue weighted by Crippen LogP contribution is -2.33. The summed E-state index contributed by atoms with van der Waals surface area (Å²) in [7, 11) is 1.95. The van der Waals surface area contributed by atoms with Crippen LogP contribution in [0.15, 0.2) is 30.3 Å². The molecule has 0 aliphatic heterocycles. The number of benzene rings is 1. The third kappa shape index (κ3) is 3.14. The van der Waals surface area contributed by atoms with E-state index in [1.54, 1.807) is 12.1 Å². The molecule has 0 radical (unpaired) electrons. The zero-order chi connectivity index (χ0) is 14.8. The van der Waals surface area contributed by atoms with Crippen LogP contribution in [0.2, 0.25) is 0 Å². The molecule has 0 spiro atoms. The van der Waals surface area contributed by atoms with Crippen molar-refractivity contribution in [3.63, 3.8) is 0 Å². The quantitative estimate of drug-likeness (QED) is 0.686. The topological polar surface area (TPSA) is 17.8 Å². The Labute approximate surface area is 135 Å². The molecule has 0 amide bonds. The van der Waals surface area contributed by atoms with Gasteiger partial charge in [-0.15, -0.1) is 0 Å². The van der Waals surface area contributed by atoms with Gasteiger partial charge < -0.3 is 0 Å². The standard InChI is InChI=1S/C15H17Br2FN2/c1-11-6-14(20(2)19-11)8-15(9-16,10-17)12-4-3-5-13(18)7-12/h3-7H,8-10H2,1-2H3. The Morgan fingerprint density at radius 1 is 1.25 bits per heavy atom. The van der Waals surface area contributed by atoms with Gasteiger partial charge >= 0.3 is 0 Å². The number of hydrogen-bond acceptors (Lipinski definition) is 1. The molecule has 0 aliphatic rings. The average molecular weight is 404 g/mol. The third-order valence-electron chi connectivity index (χ3n) is 3.57. The molecule has 20 heavy (non-hydrogen) atoms. The van der Waals surface area contributed by atoms with Crippen LogP contribution in [0.1, 0.15) is 17.0 Å². The molecule has 1 heterocycles. The maximum Gasteiger partial charge on any atom is 0.123 e. The van der Waals surface area contributed by atoms with E-state index in [4.69, 9.17) is 0 Å². The molecule has 0 bridgehead atoms. The molecule has 0 N–H and O–H groups in total. The second-order valence-electron chi connectivity index (χ2n) is 5.14. The van der Waals surface area contributed by atoms with Crippen LogP contribution in [0.25, 0.3) is 0 Å². The summed E-state index contributed by atoms with van der Waals surface area (Å²) in [4.78, 5) is 0. The molecule has 1 aromatic heterocycles. The summed E-state index contributed by atoms with van der Waals surface area (Å²) < 4.78 is 15.4. The second-order valence-corrected chi connectivity index (χ2v) is 6.26. The molecule has 0 atom stereocenters. The van der Waals surface area contributed by atoms with E-state index in [1.807, 2.05) is 24.7 Å². The molecule has 108 valence electrons. The van der Waals surface area contributed by atoms with E-state index in [0.717, 1.165) is 34.0 Å². The molecule has 0 unspecified atom stereocenters. The highest BCUT2D eigenvalue weighted by molar-refractivity contribution is 9.09. The fourth-order valence-electron chi connectivity index (χ4n) is 2.38. The van der Waals surface area contributed by atoms with Crippen molar-refractivity contribution >= 4 is 31.9 Å². The van der Waals surface area contributed by atoms with E-state index in [-0.39, 0.29) is 11.2 Å². The number of rotatable bonds is 5. The van der Waals surface area contributed by atoms with Crippen LogP contribution in [0.5, 0.6) is 0 Å². The number of hydrogen-bond donors (Lipinski definition) is 0. The summed E-state index contributed by atoms with van der Waals surface area (Å²) in [5.74, 6) is -0.199. The third-order valence-corrected chi connectivity index (χ3v) is 5.71. The number of aryl methyl sites for hydroxylation is 2. The van der Waals surface area contributed by atoms with Crippen LogP contribution >= 0.6 is 31.9 Å².